The van der Waals surface area contributed by atoms with Gasteiger partial charge in [-0.2, -0.15) is 11.8 Å². The molecule has 0 fully saturated rings. The minimum Gasteiger partial charge on any atom is -0.247 e. The van der Waals surface area contributed by atoms with Gasteiger partial charge in [-0.3, -0.25) is 0 Å². The molecule has 0 nitrogen and oxygen atoms in total. The van der Waals surface area contributed by atoms with Crippen molar-refractivity contribution in [3.05, 3.63) is 12.4 Å². The molecule has 0 N–H and O–H groups in total. The number of rotatable bonds is 6. The number of thioether (sulfide) groups is 1. The Kier molecular flexibility index (Phi) is 8.01. The molecule has 0 aromatic rings. The Morgan fingerprint density at radius 2 is 2.27 bits per heavy atom. The lowest BCUT2D eigenvalue weighted by molar-refractivity contribution is 0.349. The predicted molar refractivity (Wildman–Crippen MR) is 47.4 cm³/mol. The monoisotopic (exact) mass is 180 g/mol. The van der Waals surface area contributed by atoms with Gasteiger partial charge in [-0.1, -0.05) is 13.0 Å². The van der Waals surface area contributed by atoms with E-state index in [1.807, 2.05) is 6.92 Å². The number of alkyl halides is 1. The summed E-state index contributed by atoms with van der Waals surface area (Å²) in [5.41, 5.74) is 0. The standard InChI is InChI=1S/C8H14F2S/c1-2-11-7-8(10)5-3-4-6-9/h4,6,8H,2-3,5,7H2,1H3. The van der Waals surface area contributed by atoms with Crippen LogP contribution >= 0.6 is 11.8 Å². The molecule has 0 aromatic carbocycles. The van der Waals surface area contributed by atoms with Crippen molar-refractivity contribution >= 4 is 11.8 Å². The maximum Gasteiger partial charge on any atom is 0.109 e. The molecule has 66 valence electrons. The van der Waals surface area contributed by atoms with Crippen molar-refractivity contribution in [2.24, 2.45) is 0 Å². The van der Waals surface area contributed by atoms with E-state index in [1.54, 1.807) is 11.8 Å². The molecular formula is C8H14F2S. The molecule has 1 atom stereocenters. The van der Waals surface area contributed by atoms with E-state index in [9.17, 15) is 8.78 Å². The minimum absolute atomic E-state index is 0.438. The second-order valence-corrected chi connectivity index (χ2v) is 3.51. The summed E-state index contributed by atoms with van der Waals surface area (Å²) in [6, 6.07) is 0. The van der Waals surface area contributed by atoms with Gasteiger partial charge in [-0.05, 0) is 18.6 Å². The largest absolute Gasteiger partial charge is 0.247 e. The van der Waals surface area contributed by atoms with Crippen LogP contribution in [0.1, 0.15) is 19.8 Å². The maximum absolute atomic E-state index is 12.7. The average molecular weight is 180 g/mol. The lowest BCUT2D eigenvalue weighted by atomic mass is 10.2. The van der Waals surface area contributed by atoms with Crippen LogP contribution in [0.2, 0.25) is 0 Å². The van der Waals surface area contributed by atoms with Crippen LogP contribution in [-0.2, 0) is 0 Å². The van der Waals surface area contributed by atoms with Crippen LogP contribution in [-0.4, -0.2) is 17.7 Å². The first kappa shape index (κ1) is 11.0. The minimum atomic E-state index is -0.781. The van der Waals surface area contributed by atoms with Gasteiger partial charge in [0.2, 0.25) is 0 Å². The molecular weight excluding hydrogens is 166 g/mol. The molecule has 0 saturated heterocycles. The highest BCUT2D eigenvalue weighted by molar-refractivity contribution is 7.99. The van der Waals surface area contributed by atoms with Crippen LogP contribution in [0.4, 0.5) is 8.78 Å². The van der Waals surface area contributed by atoms with Gasteiger partial charge in [0.05, 0.1) is 6.33 Å². The molecule has 0 rings (SSSR count). The zero-order chi connectivity index (χ0) is 8.53. The van der Waals surface area contributed by atoms with Gasteiger partial charge in [0.15, 0.2) is 0 Å². The molecule has 0 spiro atoms. The Bertz CT molecular complexity index is 104. The second-order valence-electron chi connectivity index (χ2n) is 2.20. The van der Waals surface area contributed by atoms with Gasteiger partial charge in [0, 0.05) is 5.75 Å². The number of allylic oxidation sites excluding steroid dienone is 1. The summed E-state index contributed by atoms with van der Waals surface area (Å²) < 4.78 is 24.1. The zero-order valence-corrected chi connectivity index (χ0v) is 7.54. The summed E-state index contributed by atoms with van der Waals surface area (Å²) in [4.78, 5) is 0. The van der Waals surface area contributed by atoms with Crippen molar-refractivity contribution in [2.75, 3.05) is 11.5 Å². The lowest BCUT2D eigenvalue weighted by Gasteiger charge is -2.03. The van der Waals surface area contributed by atoms with E-state index >= 15 is 0 Å². The Morgan fingerprint density at radius 3 is 2.82 bits per heavy atom. The molecule has 11 heavy (non-hydrogen) atoms. The van der Waals surface area contributed by atoms with Crippen LogP contribution in [0.15, 0.2) is 12.4 Å². The summed E-state index contributed by atoms with van der Waals surface area (Å²) >= 11 is 1.58. The Labute approximate surface area is 71.1 Å². The second kappa shape index (κ2) is 8.05. The fourth-order valence-corrected chi connectivity index (χ4v) is 1.33. The molecule has 3 heteroatoms. The van der Waals surface area contributed by atoms with Crippen molar-refractivity contribution in [3.8, 4) is 0 Å². The average Bonchev–Trinajstić information content (AvgIpc) is 2.01. The third-order valence-corrected chi connectivity index (χ3v) is 2.24. The Morgan fingerprint density at radius 1 is 1.55 bits per heavy atom. The Hall–Kier alpha value is -0.0500. The van der Waals surface area contributed by atoms with Crippen LogP contribution in [0.25, 0.3) is 0 Å². The first-order valence-corrected chi connectivity index (χ1v) is 4.93. The topological polar surface area (TPSA) is 0 Å². The third-order valence-electron chi connectivity index (χ3n) is 1.24. The summed E-state index contributed by atoms with van der Waals surface area (Å²) in [6.07, 6.45) is 1.98. The summed E-state index contributed by atoms with van der Waals surface area (Å²) in [5.74, 6) is 1.48. The first-order valence-electron chi connectivity index (χ1n) is 3.78. The van der Waals surface area contributed by atoms with Crippen molar-refractivity contribution in [1.29, 1.82) is 0 Å². The molecule has 0 saturated carbocycles. The number of halogens is 2. The summed E-state index contributed by atoms with van der Waals surface area (Å²) in [6.45, 7) is 2.00. The van der Waals surface area contributed by atoms with Crippen molar-refractivity contribution < 1.29 is 8.78 Å². The van der Waals surface area contributed by atoms with Gasteiger partial charge < -0.3 is 0 Å². The smallest absolute Gasteiger partial charge is 0.109 e. The SMILES string of the molecule is CCSCC(F)CCC=CF. The summed E-state index contributed by atoms with van der Waals surface area (Å²) in [5, 5.41) is 0. The van der Waals surface area contributed by atoms with Gasteiger partial charge in [-0.15, -0.1) is 0 Å². The zero-order valence-electron chi connectivity index (χ0n) is 6.72. The van der Waals surface area contributed by atoms with Gasteiger partial charge >= 0.3 is 0 Å². The fraction of sp³-hybridized carbons (Fsp3) is 0.750. The summed E-state index contributed by atoms with van der Waals surface area (Å²) in [7, 11) is 0. The lowest BCUT2D eigenvalue weighted by Crippen LogP contribution is -2.02. The van der Waals surface area contributed by atoms with Crippen LogP contribution in [0.3, 0.4) is 0 Å². The third kappa shape index (κ3) is 7.85. The van der Waals surface area contributed by atoms with E-state index in [-0.39, 0.29) is 0 Å². The molecule has 0 bridgehead atoms. The van der Waals surface area contributed by atoms with Crippen molar-refractivity contribution in [3.63, 3.8) is 0 Å². The molecule has 0 radical (unpaired) electrons. The van der Waals surface area contributed by atoms with E-state index in [4.69, 9.17) is 0 Å². The van der Waals surface area contributed by atoms with Gasteiger partial charge in [0.25, 0.3) is 0 Å². The molecule has 1 unspecified atom stereocenters. The molecule has 0 heterocycles. The van der Waals surface area contributed by atoms with E-state index in [2.05, 4.69) is 0 Å². The fourth-order valence-electron chi connectivity index (χ4n) is 0.669. The molecule has 0 aromatic heterocycles. The normalized spacial score (nSPS) is 14.1. The van der Waals surface area contributed by atoms with Crippen molar-refractivity contribution in [2.45, 2.75) is 25.9 Å². The Balaban J connectivity index is 3.15. The van der Waals surface area contributed by atoms with Crippen molar-refractivity contribution in [1.82, 2.24) is 0 Å². The number of hydrogen-bond donors (Lipinski definition) is 0. The maximum atomic E-state index is 12.7. The van der Waals surface area contributed by atoms with Crippen LogP contribution in [0.5, 0.6) is 0 Å². The highest BCUT2D eigenvalue weighted by Crippen LogP contribution is 2.10. The molecule has 0 aliphatic rings. The molecule has 0 amide bonds. The molecule has 0 aliphatic heterocycles. The van der Waals surface area contributed by atoms with E-state index < -0.39 is 6.17 Å². The van der Waals surface area contributed by atoms with Gasteiger partial charge in [-0.25, -0.2) is 8.78 Å². The van der Waals surface area contributed by atoms with Crippen LogP contribution < -0.4 is 0 Å². The van der Waals surface area contributed by atoms with Gasteiger partial charge in [0.1, 0.15) is 6.17 Å². The van der Waals surface area contributed by atoms with E-state index in [0.29, 0.717) is 24.9 Å². The quantitative estimate of drug-likeness (QED) is 0.604. The van der Waals surface area contributed by atoms with Crippen LogP contribution in [0, 0.1) is 0 Å². The number of hydrogen-bond acceptors (Lipinski definition) is 1. The molecule has 0 aliphatic carbocycles. The predicted octanol–water partition coefficient (Wildman–Crippen LogP) is 3.34. The highest BCUT2D eigenvalue weighted by Gasteiger charge is 2.03. The van der Waals surface area contributed by atoms with E-state index in [0.717, 1.165) is 5.75 Å². The van der Waals surface area contributed by atoms with E-state index in [1.165, 1.54) is 6.08 Å². The first-order chi connectivity index (χ1) is 5.31. The highest BCUT2D eigenvalue weighted by atomic mass is 32.2.